The SMILES string of the molecule is COc1ccc(C=NNC(=O)c2ccccc2[N+](=O)[O-])c(OC)c1C. The minimum Gasteiger partial charge on any atom is -0.496 e. The fourth-order valence-electron chi connectivity index (χ4n) is 2.33. The molecule has 130 valence electrons. The smallest absolute Gasteiger partial charge is 0.282 e. The molecule has 2 rings (SSSR count). The number of carbonyl (C=O) groups is 1. The Kier molecular flexibility index (Phi) is 5.67. The largest absolute Gasteiger partial charge is 0.496 e. The number of nitro groups is 1. The van der Waals surface area contributed by atoms with Crippen molar-refractivity contribution >= 4 is 17.8 Å². The van der Waals surface area contributed by atoms with E-state index in [2.05, 4.69) is 10.5 Å². The number of hydrogen-bond donors (Lipinski definition) is 1. The first-order chi connectivity index (χ1) is 12.0. The fraction of sp³-hybridized carbons (Fsp3) is 0.176. The molecule has 0 aliphatic rings. The Balaban J connectivity index is 2.21. The highest BCUT2D eigenvalue weighted by atomic mass is 16.6. The minimum absolute atomic E-state index is 0.0671. The van der Waals surface area contributed by atoms with E-state index >= 15 is 0 Å². The van der Waals surface area contributed by atoms with Crippen molar-refractivity contribution in [3.05, 3.63) is 63.2 Å². The van der Waals surface area contributed by atoms with Gasteiger partial charge in [0.15, 0.2) is 0 Å². The molecule has 0 aliphatic carbocycles. The number of methoxy groups -OCH3 is 2. The zero-order chi connectivity index (χ0) is 18.4. The molecule has 1 N–H and O–H groups in total. The molecule has 25 heavy (non-hydrogen) atoms. The number of benzene rings is 2. The molecule has 1 amide bonds. The molecule has 0 aliphatic heterocycles. The molecule has 0 spiro atoms. The van der Waals surface area contributed by atoms with Crippen LogP contribution in [0.1, 0.15) is 21.5 Å². The lowest BCUT2D eigenvalue weighted by Crippen LogP contribution is -2.19. The molecule has 0 saturated heterocycles. The van der Waals surface area contributed by atoms with E-state index in [1.807, 2.05) is 6.92 Å². The number of nitro benzene ring substituents is 1. The topological polar surface area (TPSA) is 103 Å². The van der Waals surface area contributed by atoms with Crippen LogP contribution in [0, 0.1) is 17.0 Å². The van der Waals surface area contributed by atoms with Crippen molar-refractivity contribution in [1.82, 2.24) is 5.43 Å². The summed E-state index contributed by atoms with van der Waals surface area (Å²) in [5, 5.41) is 14.8. The van der Waals surface area contributed by atoms with Crippen molar-refractivity contribution in [1.29, 1.82) is 0 Å². The van der Waals surface area contributed by atoms with Gasteiger partial charge >= 0.3 is 0 Å². The maximum Gasteiger partial charge on any atom is 0.282 e. The second-order valence-corrected chi connectivity index (χ2v) is 4.99. The molecular weight excluding hydrogens is 326 g/mol. The minimum atomic E-state index is -0.673. The molecule has 8 heteroatoms. The van der Waals surface area contributed by atoms with E-state index in [-0.39, 0.29) is 11.3 Å². The Morgan fingerprint density at radius 3 is 2.56 bits per heavy atom. The standard InChI is InChI=1S/C17H17N3O5/c1-11-15(24-2)9-8-12(16(11)25-3)10-18-19-17(21)13-6-4-5-7-14(13)20(22)23/h4-10H,1-3H3,(H,19,21). The molecule has 0 radical (unpaired) electrons. The van der Waals surface area contributed by atoms with Crippen molar-refractivity contribution in [2.45, 2.75) is 6.92 Å². The van der Waals surface area contributed by atoms with Crippen LogP contribution in [0.2, 0.25) is 0 Å². The van der Waals surface area contributed by atoms with E-state index in [0.717, 1.165) is 5.56 Å². The van der Waals surface area contributed by atoms with E-state index in [1.54, 1.807) is 25.3 Å². The van der Waals surface area contributed by atoms with Crippen molar-refractivity contribution < 1.29 is 19.2 Å². The molecule has 0 unspecified atom stereocenters. The number of nitrogens with zero attached hydrogens (tertiary/aromatic N) is 2. The number of amides is 1. The Morgan fingerprint density at radius 1 is 1.20 bits per heavy atom. The van der Waals surface area contributed by atoms with Crippen molar-refractivity contribution in [3.63, 3.8) is 0 Å². The van der Waals surface area contributed by atoms with E-state index < -0.39 is 10.8 Å². The summed E-state index contributed by atoms with van der Waals surface area (Å²) in [6.45, 7) is 1.83. The molecule has 0 atom stereocenters. The first-order valence-electron chi connectivity index (χ1n) is 7.28. The summed E-state index contributed by atoms with van der Waals surface area (Å²) >= 11 is 0. The van der Waals surface area contributed by atoms with Gasteiger partial charge in [-0.3, -0.25) is 14.9 Å². The van der Waals surface area contributed by atoms with Gasteiger partial charge in [0.05, 0.1) is 25.4 Å². The van der Waals surface area contributed by atoms with E-state index in [1.165, 1.54) is 31.5 Å². The van der Waals surface area contributed by atoms with Crippen molar-refractivity contribution in [3.8, 4) is 11.5 Å². The molecule has 0 heterocycles. The number of hydrazone groups is 1. The molecule has 0 bridgehead atoms. The first-order valence-corrected chi connectivity index (χ1v) is 7.28. The van der Waals surface area contributed by atoms with Gasteiger partial charge < -0.3 is 9.47 Å². The molecule has 0 saturated carbocycles. The van der Waals surface area contributed by atoms with Crippen LogP contribution in [0.15, 0.2) is 41.5 Å². The number of para-hydroxylation sites is 1. The summed E-state index contributed by atoms with van der Waals surface area (Å²) in [7, 11) is 3.08. The molecule has 0 fully saturated rings. The van der Waals surface area contributed by atoms with Gasteiger partial charge in [0.2, 0.25) is 0 Å². The lowest BCUT2D eigenvalue weighted by molar-refractivity contribution is -0.385. The fourth-order valence-corrected chi connectivity index (χ4v) is 2.33. The van der Waals surface area contributed by atoms with Gasteiger partial charge in [-0.15, -0.1) is 0 Å². The van der Waals surface area contributed by atoms with Crippen molar-refractivity contribution in [2.75, 3.05) is 14.2 Å². The van der Waals surface area contributed by atoms with Gasteiger partial charge in [0.1, 0.15) is 17.1 Å². The average molecular weight is 343 g/mol. The van der Waals surface area contributed by atoms with Gasteiger partial charge in [0.25, 0.3) is 11.6 Å². The summed E-state index contributed by atoms with van der Waals surface area (Å²) in [5.74, 6) is 0.550. The van der Waals surface area contributed by atoms with Crippen molar-refractivity contribution in [2.24, 2.45) is 5.10 Å². The van der Waals surface area contributed by atoms with Crippen LogP contribution in [0.25, 0.3) is 0 Å². The monoisotopic (exact) mass is 343 g/mol. The van der Waals surface area contributed by atoms with Crippen LogP contribution in [-0.4, -0.2) is 31.3 Å². The molecule has 0 aromatic heterocycles. The Labute approximate surface area is 144 Å². The highest BCUT2D eigenvalue weighted by molar-refractivity contribution is 5.98. The molecule has 2 aromatic rings. The third-order valence-corrected chi connectivity index (χ3v) is 3.53. The maximum atomic E-state index is 12.1. The van der Waals surface area contributed by atoms with E-state index in [4.69, 9.17) is 9.47 Å². The molecule has 8 nitrogen and oxygen atoms in total. The number of hydrogen-bond acceptors (Lipinski definition) is 6. The quantitative estimate of drug-likeness (QED) is 0.493. The van der Waals surface area contributed by atoms with Gasteiger partial charge in [0, 0.05) is 17.2 Å². The Hall–Kier alpha value is -3.42. The van der Waals surface area contributed by atoms with Crippen LogP contribution in [0.5, 0.6) is 11.5 Å². The lowest BCUT2D eigenvalue weighted by atomic mass is 10.1. The first kappa shape index (κ1) is 17.9. The van der Waals surface area contributed by atoms with Gasteiger partial charge in [-0.05, 0) is 25.1 Å². The number of ether oxygens (including phenoxy) is 2. The average Bonchev–Trinajstić information content (AvgIpc) is 2.61. The Morgan fingerprint density at radius 2 is 1.92 bits per heavy atom. The van der Waals surface area contributed by atoms with Gasteiger partial charge in [-0.2, -0.15) is 5.10 Å². The molecule has 2 aromatic carbocycles. The zero-order valence-corrected chi connectivity index (χ0v) is 14.0. The molecular formula is C17H17N3O5. The van der Waals surface area contributed by atoms with E-state index in [0.29, 0.717) is 17.1 Å². The van der Waals surface area contributed by atoms with Crippen LogP contribution in [0.4, 0.5) is 5.69 Å². The summed E-state index contributed by atoms with van der Waals surface area (Å²) in [4.78, 5) is 22.4. The summed E-state index contributed by atoms with van der Waals surface area (Å²) in [6.07, 6.45) is 1.40. The van der Waals surface area contributed by atoms with Crippen LogP contribution >= 0.6 is 0 Å². The predicted octanol–water partition coefficient (Wildman–Crippen LogP) is 2.68. The highest BCUT2D eigenvalue weighted by Gasteiger charge is 2.18. The second kappa shape index (κ2) is 7.91. The zero-order valence-electron chi connectivity index (χ0n) is 14.0. The summed E-state index contributed by atoms with van der Waals surface area (Å²) in [6, 6.07) is 9.13. The normalized spacial score (nSPS) is 10.5. The third kappa shape index (κ3) is 3.92. The number of rotatable bonds is 6. The lowest BCUT2D eigenvalue weighted by Gasteiger charge is -2.11. The number of nitrogens with one attached hydrogen (secondary N) is 1. The summed E-state index contributed by atoms with van der Waals surface area (Å²) < 4.78 is 10.6. The van der Waals surface area contributed by atoms with Crippen LogP contribution in [-0.2, 0) is 0 Å². The van der Waals surface area contributed by atoms with Crippen LogP contribution in [0.3, 0.4) is 0 Å². The highest BCUT2D eigenvalue weighted by Crippen LogP contribution is 2.30. The second-order valence-electron chi connectivity index (χ2n) is 4.99. The van der Waals surface area contributed by atoms with Crippen LogP contribution < -0.4 is 14.9 Å². The number of carbonyl (C=O) groups excluding carboxylic acids is 1. The Bertz CT molecular complexity index is 833. The van der Waals surface area contributed by atoms with E-state index in [9.17, 15) is 14.9 Å². The van der Waals surface area contributed by atoms with Gasteiger partial charge in [-0.1, -0.05) is 12.1 Å². The summed E-state index contributed by atoms with van der Waals surface area (Å²) in [5.41, 5.74) is 3.35. The van der Waals surface area contributed by atoms with Gasteiger partial charge in [-0.25, -0.2) is 5.43 Å². The maximum absolute atomic E-state index is 12.1. The third-order valence-electron chi connectivity index (χ3n) is 3.53. The predicted molar refractivity (Wildman–Crippen MR) is 92.4 cm³/mol.